The number of hydrogen-bond donors (Lipinski definition) is 2. The second kappa shape index (κ2) is 13.3. The molecule has 0 radical (unpaired) electrons. The Morgan fingerprint density at radius 3 is 2.66 bits per heavy atom. The highest BCUT2D eigenvalue weighted by Crippen LogP contribution is 2.39. The first-order chi connectivity index (χ1) is 16.7. The predicted octanol–water partition coefficient (Wildman–Crippen LogP) is 4.19. The molecule has 0 atom stereocenters. The van der Waals surface area contributed by atoms with Crippen molar-refractivity contribution in [2.24, 2.45) is 7.05 Å². The van der Waals surface area contributed by atoms with E-state index in [1.807, 2.05) is 13.2 Å². The van der Waals surface area contributed by atoms with Gasteiger partial charge in [0.2, 0.25) is 11.7 Å². The summed E-state index contributed by atoms with van der Waals surface area (Å²) in [4.78, 5) is 26.9. The molecular formula is C24H31ClN4O5S. The summed E-state index contributed by atoms with van der Waals surface area (Å²) in [5.41, 5.74) is 0.918. The second-order valence-electron chi connectivity index (χ2n) is 7.53. The molecule has 190 valence electrons. The van der Waals surface area contributed by atoms with Crippen LogP contribution >= 0.6 is 23.4 Å². The lowest BCUT2D eigenvalue weighted by molar-refractivity contribution is -0.127. The van der Waals surface area contributed by atoms with Crippen LogP contribution < -0.4 is 14.8 Å². The number of ether oxygens (including phenoxy) is 3. The molecule has 0 bridgehead atoms. The summed E-state index contributed by atoms with van der Waals surface area (Å²) in [7, 11) is 3.17. The van der Waals surface area contributed by atoms with Gasteiger partial charge in [-0.25, -0.2) is 9.48 Å². The number of thioether (sulfide) groups is 1. The minimum Gasteiger partial charge on any atom is -0.491 e. The van der Waals surface area contributed by atoms with Gasteiger partial charge in [0, 0.05) is 45.0 Å². The Kier molecular flexibility index (Phi) is 10.8. The summed E-state index contributed by atoms with van der Waals surface area (Å²) in [5, 5.41) is 15.4. The van der Waals surface area contributed by atoms with Gasteiger partial charge in [-0.05, 0) is 45.2 Å². The number of esters is 1. The average Bonchev–Trinajstić information content (AvgIpc) is 3.09. The third-order valence-corrected chi connectivity index (χ3v) is 6.02. The van der Waals surface area contributed by atoms with Gasteiger partial charge in [0.05, 0.1) is 22.2 Å². The molecule has 0 fully saturated rings. The number of allylic oxidation sites excluding steroid dienone is 1. The van der Waals surface area contributed by atoms with E-state index in [0.29, 0.717) is 43.3 Å². The molecule has 1 heterocycles. The SMILES string of the molecule is CCN/C(C)=C\C(=N)C(=O)Oc1c(C(=O)c2ccc(SC)c(OCCCOC)c2Cl)c(C)nn1C. The fraction of sp³-hybridized carbons (Fsp3) is 0.417. The molecule has 0 saturated carbocycles. The number of methoxy groups -OCH3 is 1. The highest BCUT2D eigenvalue weighted by atomic mass is 35.5. The topological polar surface area (TPSA) is 116 Å². The molecule has 0 aliphatic heterocycles. The quantitative estimate of drug-likeness (QED) is 0.132. The Bertz CT molecular complexity index is 1130. The Labute approximate surface area is 214 Å². The lowest BCUT2D eigenvalue weighted by atomic mass is 10.0. The van der Waals surface area contributed by atoms with Crippen LogP contribution in [0.5, 0.6) is 11.6 Å². The molecule has 1 aromatic heterocycles. The number of aryl methyl sites for hydroxylation is 2. The lowest BCUT2D eigenvalue weighted by Gasteiger charge is -2.15. The summed E-state index contributed by atoms with van der Waals surface area (Å²) in [6.45, 7) is 6.84. The highest BCUT2D eigenvalue weighted by Gasteiger charge is 2.28. The molecule has 0 amide bonds. The monoisotopic (exact) mass is 522 g/mol. The molecule has 0 unspecified atom stereocenters. The Morgan fingerprint density at radius 1 is 1.31 bits per heavy atom. The van der Waals surface area contributed by atoms with Crippen molar-refractivity contribution in [3.8, 4) is 11.6 Å². The molecule has 9 nitrogen and oxygen atoms in total. The van der Waals surface area contributed by atoms with Crippen molar-refractivity contribution in [1.82, 2.24) is 15.1 Å². The van der Waals surface area contributed by atoms with Gasteiger partial charge in [-0.15, -0.1) is 11.8 Å². The molecule has 2 rings (SSSR count). The minimum atomic E-state index is -0.912. The number of carbonyl (C=O) groups excluding carboxylic acids is 2. The summed E-state index contributed by atoms with van der Waals surface area (Å²) in [6, 6.07) is 3.37. The van der Waals surface area contributed by atoms with Crippen molar-refractivity contribution >= 4 is 40.8 Å². The third-order valence-electron chi connectivity index (χ3n) is 4.89. The first kappa shape index (κ1) is 28.4. The van der Waals surface area contributed by atoms with Crippen molar-refractivity contribution < 1.29 is 23.8 Å². The molecular weight excluding hydrogens is 492 g/mol. The van der Waals surface area contributed by atoms with E-state index < -0.39 is 11.8 Å². The molecule has 0 saturated heterocycles. The Balaban J connectivity index is 2.40. The average molecular weight is 523 g/mol. The zero-order valence-corrected chi connectivity index (χ0v) is 22.4. The van der Waals surface area contributed by atoms with Crippen LogP contribution in [0.15, 0.2) is 28.8 Å². The van der Waals surface area contributed by atoms with Crippen LogP contribution in [0, 0.1) is 12.3 Å². The number of carbonyl (C=O) groups is 2. The fourth-order valence-corrected chi connectivity index (χ4v) is 4.20. The summed E-state index contributed by atoms with van der Waals surface area (Å²) >= 11 is 8.08. The van der Waals surface area contributed by atoms with Gasteiger partial charge in [0.25, 0.3) is 0 Å². The molecule has 2 aromatic rings. The molecule has 0 aliphatic rings. The normalized spacial score (nSPS) is 11.3. The van der Waals surface area contributed by atoms with E-state index in [1.165, 1.54) is 22.5 Å². The number of rotatable bonds is 13. The number of ketones is 1. The van der Waals surface area contributed by atoms with Crippen LogP contribution in [-0.4, -0.2) is 60.4 Å². The maximum atomic E-state index is 13.6. The van der Waals surface area contributed by atoms with E-state index in [-0.39, 0.29) is 27.7 Å². The van der Waals surface area contributed by atoms with Crippen LogP contribution in [0.25, 0.3) is 0 Å². The maximum Gasteiger partial charge on any atom is 0.363 e. The molecule has 0 spiro atoms. The van der Waals surface area contributed by atoms with Crippen LogP contribution in [0.3, 0.4) is 0 Å². The number of benzene rings is 1. The fourth-order valence-electron chi connectivity index (χ4n) is 3.28. The van der Waals surface area contributed by atoms with Gasteiger partial charge in [-0.3, -0.25) is 10.2 Å². The van der Waals surface area contributed by atoms with Crippen molar-refractivity contribution in [3.05, 3.63) is 45.7 Å². The smallest absolute Gasteiger partial charge is 0.363 e. The van der Waals surface area contributed by atoms with Gasteiger partial charge in [-0.1, -0.05) is 11.6 Å². The minimum absolute atomic E-state index is 0.0654. The van der Waals surface area contributed by atoms with E-state index in [0.717, 1.165) is 4.90 Å². The largest absolute Gasteiger partial charge is 0.491 e. The maximum absolute atomic E-state index is 13.6. The zero-order chi connectivity index (χ0) is 26.1. The van der Waals surface area contributed by atoms with Crippen LogP contribution in [-0.2, 0) is 16.6 Å². The van der Waals surface area contributed by atoms with E-state index >= 15 is 0 Å². The third kappa shape index (κ3) is 7.09. The van der Waals surface area contributed by atoms with E-state index in [4.69, 9.17) is 31.2 Å². The van der Waals surface area contributed by atoms with Gasteiger partial charge in [0.1, 0.15) is 11.3 Å². The number of nitrogens with zero attached hydrogens (tertiary/aromatic N) is 2. The molecule has 0 aliphatic carbocycles. The summed E-state index contributed by atoms with van der Waals surface area (Å²) in [5.74, 6) is -1.04. The molecule has 1 aromatic carbocycles. The van der Waals surface area contributed by atoms with Crippen LogP contribution in [0.4, 0.5) is 0 Å². The van der Waals surface area contributed by atoms with Crippen molar-refractivity contribution in [2.75, 3.05) is 33.1 Å². The van der Waals surface area contributed by atoms with E-state index in [1.54, 1.807) is 40.1 Å². The highest BCUT2D eigenvalue weighted by molar-refractivity contribution is 7.98. The van der Waals surface area contributed by atoms with Gasteiger partial charge in [-0.2, -0.15) is 5.10 Å². The van der Waals surface area contributed by atoms with Crippen molar-refractivity contribution in [1.29, 1.82) is 5.41 Å². The molecule has 2 N–H and O–H groups in total. The lowest BCUT2D eigenvalue weighted by Crippen LogP contribution is -2.22. The second-order valence-corrected chi connectivity index (χ2v) is 8.76. The van der Waals surface area contributed by atoms with Gasteiger partial charge < -0.3 is 19.5 Å². The first-order valence-electron chi connectivity index (χ1n) is 11.0. The number of nitrogens with one attached hydrogen (secondary N) is 2. The van der Waals surface area contributed by atoms with Gasteiger partial charge in [0.15, 0.2) is 5.75 Å². The number of hydrogen-bond acceptors (Lipinski definition) is 9. The van der Waals surface area contributed by atoms with Crippen LogP contribution in [0.2, 0.25) is 5.02 Å². The van der Waals surface area contributed by atoms with E-state index in [2.05, 4.69) is 10.4 Å². The first-order valence-corrected chi connectivity index (χ1v) is 12.6. The van der Waals surface area contributed by atoms with Crippen LogP contribution in [0.1, 0.15) is 41.9 Å². The summed E-state index contributed by atoms with van der Waals surface area (Å²) in [6.07, 6.45) is 3.91. The standard InChI is InChI=1S/C24H31ClN4O5S/c1-7-27-14(2)13-17(26)24(31)34-23-19(15(3)28-29(23)4)21(30)16-9-10-18(35-6)22(20(16)25)33-12-8-11-32-5/h9-10,13,26-27H,7-8,11-12H2,1-6H3/b14-13-,26-17?. The molecule has 11 heteroatoms. The Morgan fingerprint density at radius 2 is 2.03 bits per heavy atom. The number of aromatic nitrogens is 2. The zero-order valence-electron chi connectivity index (χ0n) is 20.8. The van der Waals surface area contributed by atoms with Crippen molar-refractivity contribution in [3.63, 3.8) is 0 Å². The Hall–Kier alpha value is -2.82. The molecule has 35 heavy (non-hydrogen) atoms. The van der Waals surface area contributed by atoms with E-state index in [9.17, 15) is 9.59 Å². The van der Waals surface area contributed by atoms with Crippen molar-refractivity contribution in [2.45, 2.75) is 32.1 Å². The van der Waals surface area contributed by atoms with Gasteiger partial charge >= 0.3 is 5.97 Å². The summed E-state index contributed by atoms with van der Waals surface area (Å²) < 4.78 is 17.7. The number of halogens is 1. The predicted molar refractivity (Wildman–Crippen MR) is 137 cm³/mol.